The summed E-state index contributed by atoms with van der Waals surface area (Å²) in [7, 11) is 1.45. The van der Waals surface area contributed by atoms with Gasteiger partial charge in [0.05, 0.1) is 18.7 Å². The second kappa shape index (κ2) is 7.41. The van der Waals surface area contributed by atoms with Gasteiger partial charge in [0.15, 0.2) is 11.5 Å². The van der Waals surface area contributed by atoms with E-state index in [9.17, 15) is 14.7 Å². The number of hydrogen-bond acceptors (Lipinski definition) is 4. The van der Waals surface area contributed by atoms with Gasteiger partial charge in [-0.15, -0.1) is 0 Å². The van der Waals surface area contributed by atoms with Crippen molar-refractivity contribution in [1.82, 2.24) is 10.6 Å². The highest BCUT2D eigenvalue weighted by atomic mass is 16.5. The van der Waals surface area contributed by atoms with Gasteiger partial charge in [-0.2, -0.15) is 0 Å². The maximum absolute atomic E-state index is 12.9. The molecule has 1 unspecified atom stereocenters. The van der Waals surface area contributed by atoms with Gasteiger partial charge in [0, 0.05) is 11.4 Å². The van der Waals surface area contributed by atoms with Crippen molar-refractivity contribution in [2.45, 2.75) is 19.9 Å². The van der Waals surface area contributed by atoms with E-state index in [1.807, 2.05) is 31.2 Å². The van der Waals surface area contributed by atoms with Crippen molar-refractivity contribution < 1.29 is 19.4 Å². The van der Waals surface area contributed by atoms with Crippen LogP contribution in [0, 0.1) is 6.92 Å². The first kappa shape index (κ1) is 18.3. The van der Waals surface area contributed by atoms with Crippen LogP contribution >= 0.6 is 0 Å². The molecular formula is C20H21N3O4. The monoisotopic (exact) mass is 367 g/mol. The highest BCUT2D eigenvalue weighted by Gasteiger charge is 2.31. The van der Waals surface area contributed by atoms with E-state index in [1.165, 1.54) is 13.2 Å². The van der Waals surface area contributed by atoms with Gasteiger partial charge in [-0.25, -0.2) is 4.79 Å². The third kappa shape index (κ3) is 3.87. The van der Waals surface area contributed by atoms with E-state index in [-0.39, 0.29) is 11.7 Å². The number of phenols is 1. The van der Waals surface area contributed by atoms with E-state index in [1.54, 1.807) is 19.1 Å². The molecule has 0 saturated carbocycles. The molecule has 0 aromatic heterocycles. The lowest BCUT2D eigenvalue weighted by atomic mass is 9.94. The van der Waals surface area contributed by atoms with Crippen LogP contribution in [0.4, 0.5) is 10.5 Å². The van der Waals surface area contributed by atoms with Gasteiger partial charge in [-0.3, -0.25) is 4.79 Å². The minimum Gasteiger partial charge on any atom is -0.504 e. The van der Waals surface area contributed by atoms with Crippen molar-refractivity contribution in [1.29, 1.82) is 0 Å². The summed E-state index contributed by atoms with van der Waals surface area (Å²) in [6.45, 7) is 3.63. The number of ether oxygens (including phenoxy) is 1. The van der Waals surface area contributed by atoms with Gasteiger partial charge in [0.1, 0.15) is 0 Å². The number of hydrogen-bond donors (Lipinski definition) is 4. The number of urea groups is 1. The second-order valence-electron chi connectivity index (χ2n) is 6.32. The first-order chi connectivity index (χ1) is 12.9. The number of carbonyl (C=O) groups excluding carboxylic acids is 2. The summed E-state index contributed by atoms with van der Waals surface area (Å²) in [5, 5.41) is 18.3. The number of nitrogens with one attached hydrogen (secondary N) is 3. The summed E-state index contributed by atoms with van der Waals surface area (Å²) in [5.74, 6) is -0.103. The summed E-state index contributed by atoms with van der Waals surface area (Å²) >= 11 is 0. The summed E-state index contributed by atoms with van der Waals surface area (Å²) < 4.78 is 5.05. The predicted molar refractivity (Wildman–Crippen MR) is 102 cm³/mol. The highest BCUT2D eigenvalue weighted by molar-refractivity contribution is 6.06. The average molecular weight is 367 g/mol. The number of amides is 3. The number of aryl methyl sites for hydroxylation is 1. The van der Waals surface area contributed by atoms with Crippen LogP contribution < -0.4 is 20.7 Å². The average Bonchev–Trinajstić information content (AvgIpc) is 2.62. The largest absolute Gasteiger partial charge is 0.504 e. The fourth-order valence-electron chi connectivity index (χ4n) is 2.97. The number of benzene rings is 2. The Hall–Kier alpha value is -3.48. The quantitative estimate of drug-likeness (QED) is 0.667. The Morgan fingerprint density at radius 3 is 2.48 bits per heavy atom. The standard InChI is InChI=1S/C20H21N3O4/c1-11-4-7-14(8-5-11)22-19(25)17-12(2)21-20(26)23-18(17)13-6-9-16(27-3)15(24)10-13/h4-10,18,24H,1-3H3,(H,22,25)(H2,21,23,26). The van der Waals surface area contributed by atoms with E-state index in [0.29, 0.717) is 28.3 Å². The van der Waals surface area contributed by atoms with Gasteiger partial charge in [-0.05, 0) is 43.7 Å². The molecule has 0 bridgehead atoms. The van der Waals surface area contributed by atoms with Crippen molar-refractivity contribution in [2.24, 2.45) is 0 Å². The molecule has 1 aliphatic heterocycles. The Bertz CT molecular complexity index is 919. The zero-order valence-electron chi connectivity index (χ0n) is 15.3. The Morgan fingerprint density at radius 1 is 1.15 bits per heavy atom. The molecule has 2 aromatic rings. The second-order valence-corrected chi connectivity index (χ2v) is 6.32. The van der Waals surface area contributed by atoms with Crippen molar-refractivity contribution >= 4 is 17.6 Å². The maximum atomic E-state index is 12.9. The molecular weight excluding hydrogens is 346 g/mol. The zero-order valence-corrected chi connectivity index (χ0v) is 15.3. The van der Waals surface area contributed by atoms with Crippen LogP contribution in [0.15, 0.2) is 53.7 Å². The van der Waals surface area contributed by atoms with Crippen molar-refractivity contribution in [3.8, 4) is 11.5 Å². The lowest BCUT2D eigenvalue weighted by molar-refractivity contribution is -0.113. The summed E-state index contributed by atoms with van der Waals surface area (Å²) in [5.41, 5.74) is 3.11. The van der Waals surface area contributed by atoms with Gasteiger partial charge in [0.25, 0.3) is 5.91 Å². The lowest BCUT2D eigenvalue weighted by Gasteiger charge is -2.29. The molecule has 7 heteroatoms. The van der Waals surface area contributed by atoms with E-state index in [2.05, 4.69) is 16.0 Å². The number of methoxy groups -OCH3 is 1. The number of allylic oxidation sites excluding steroid dienone is 1. The molecule has 27 heavy (non-hydrogen) atoms. The molecule has 2 aromatic carbocycles. The van der Waals surface area contributed by atoms with Crippen LogP contribution in [0.25, 0.3) is 0 Å². The van der Waals surface area contributed by atoms with Gasteiger partial charge >= 0.3 is 6.03 Å². The van der Waals surface area contributed by atoms with Crippen molar-refractivity contribution in [3.05, 3.63) is 64.9 Å². The molecule has 7 nitrogen and oxygen atoms in total. The molecule has 0 spiro atoms. The molecule has 0 aliphatic carbocycles. The van der Waals surface area contributed by atoms with Gasteiger partial charge < -0.3 is 25.8 Å². The summed E-state index contributed by atoms with van der Waals surface area (Å²) in [4.78, 5) is 24.9. The molecule has 4 N–H and O–H groups in total. The lowest BCUT2D eigenvalue weighted by Crippen LogP contribution is -2.45. The third-order valence-corrected chi connectivity index (χ3v) is 4.36. The molecule has 1 heterocycles. The fourth-order valence-corrected chi connectivity index (χ4v) is 2.97. The highest BCUT2D eigenvalue weighted by Crippen LogP contribution is 2.33. The Balaban J connectivity index is 1.95. The fraction of sp³-hybridized carbons (Fsp3) is 0.200. The van der Waals surface area contributed by atoms with Crippen LogP contribution in [-0.4, -0.2) is 24.2 Å². The van der Waals surface area contributed by atoms with Crippen LogP contribution in [0.3, 0.4) is 0 Å². The van der Waals surface area contributed by atoms with E-state index < -0.39 is 12.1 Å². The first-order valence-electron chi connectivity index (χ1n) is 8.42. The zero-order chi connectivity index (χ0) is 19.6. The molecule has 3 rings (SSSR count). The molecule has 0 radical (unpaired) electrons. The van der Waals surface area contributed by atoms with E-state index in [4.69, 9.17) is 4.74 Å². The SMILES string of the molecule is COc1ccc(C2NC(=O)NC(C)=C2C(=O)Nc2ccc(C)cc2)cc1O. The molecule has 3 amide bonds. The summed E-state index contributed by atoms with van der Waals surface area (Å²) in [6, 6.07) is 11.1. The number of rotatable bonds is 4. The third-order valence-electron chi connectivity index (χ3n) is 4.36. The molecule has 1 atom stereocenters. The molecule has 140 valence electrons. The van der Waals surface area contributed by atoms with Crippen molar-refractivity contribution in [2.75, 3.05) is 12.4 Å². The number of anilines is 1. The van der Waals surface area contributed by atoms with Gasteiger partial charge in [-0.1, -0.05) is 23.8 Å². The van der Waals surface area contributed by atoms with Crippen LogP contribution in [0.5, 0.6) is 11.5 Å². The van der Waals surface area contributed by atoms with Crippen LogP contribution in [0.1, 0.15) is 24.1 Å². The van der Waals surface area contributed by atoms with Gasteiger partial charge in [0.2, 0.25) is 0 Å². The Labute approximate surface area is 157 Å². The number of carbonyl (C=O) groups is 2. The maximum Gasteiger partial charge on any atom is 0.319 e. The minimum absolute atomic E-state index is 0.0706. The molecule has 0 saturated heterocycles. The van der Waals surface area contributed by atoms with E-state index >= 15 is 0 Å². The smallest absolute Gasteiger partial charge is 0.319 e. The minimum atomic E-state index is -0.707. The topological polar surface area (TPSA) is 99.7 Å². The predicted octanol–water partition coefficient (Wildman–Crippen LogP) is 2.98. The molecule has 1 aliphatic rings. The van der Waals surface area contributed by atoms with E-state index in [0.717, 1.165) is 5.56 Å². The van der Waals surface area contributed by atoms with Crippen molar-refractivity contribution in [3.63, 3.8) is 0 Å². The number of aromatic hydroxyl groups is 1. The Kier molecular flexibility index (Phi) is 5.03. The normalized spacial score (nSPS) is 16.4. The van der Waals surface area contributed by atoms with Crippen LogP contribution in [0.2, 0.25) is 0 Å². The summed E-state index contributed by atoms with van der Waals surface area (Å²) in [6.07, 6.45) is 0. The first-order valence-corrected chi connectivity index (χ1v) is 8.42. The molecule has 0 fully saturated rings. The Morgan fingerprint density at radius 2 is 1.85 bits per heavy atom. The number of phenolic OH excluding ortho intramolecular Hbond substituents is 1. The van der Waals surface area contributed by atoms with Crippen LogP contribution in [-0.2, 0) is 4.79 Å².